The standard InChI is InChI=1S/C15H15F3N2OS/c1-10-5-7-11(8-6-10)3-2-4-13(21)20-14-19-12(9-22-14)15(16,17)18/h5-9H,2-4H2,1H3,(H,19,20,21). The number of carbonyl (C=O) groups excluding carboxylic acids is 1. The Balaban J connectivity index is 1.78. The molecule has 1 aromatic carbocycles. The molecule has 0 saturated carbocycles. The van der Waals surface area contributed by atoms with Gasteiger partial charge in [0.05, 0.1) is 0 Å². The molecule has 0 aliphatic heterocycles. The van der Waals surface area contributed by atoms with Gasteiger partial charge in [0.25, 0.3) is 0 Å². The van der Waals surface area contributed by atoms with E-state index in [0.29, 0.717) is 6.42 Å². The molecule has 1 N–H and O–H groups in total. The van der Waals surface area contributed by atoms with Crippen LogP contribution >= 0.6 is 11.3 Å². The fraction of sp³-hybridized carbons (Fsp3) is 0.333. The minimum Gasteiger partial charge on any atom is -0.302 e. The predicted molar refractivity (Wildman–Crippen MR) is 79.9 cm³/mol. The minimum atomic E-state index is -4.48. The smallest absolute Gasteiger partial charge is 0.302 e. The number of aromatic nitrogens is 1. The first kappa shape index (κ1) is 16.5. The molecule has 22 heavy (non-hydrogen) atoms. The molecule has 0 aliphatic rings. The van der Waals surface area contributed by atoms with Crippen molar-refractivity contribution in [3.8, 4) is 0 Å². The lowest BCUT2D eigenvalue weighted by Crippen LogP contribution is -2.12. The average Bonchev–Trinajstić information content (AvgIpc) is 2.89. The van der Waals surface area contributed by atoms with E-state index in [2.05, 4.69) is 10.3 Å². The predicted octanol–water partition coefficient (Wildman–Crippen LogP) is 4.43. The van der Waals surface area contributed by atoms with Gasteiger partial charge in [-0.3, -0.25) is 4.79 Å². The Morgan fingerprint density at radius 3 is 2.55 bits per heavy atom. The summed E-state index contributed by atoms with van der Waals surface area (Å²) in [6.07, 6.45) is -2.86. The highest BCUT2D eigenvalue weighted by atomic mass is 32.1. The number of carbonyl (C=O) groups is 1. The maximum Gasteiger partial charge on any atom is 0.434 e. The third-order valence-electron chi connectivity index (χ3n) is 3.03. The van der Waals surface area contributed by atoms with Gasteiger partial charge in [0.1, 0.15) is 0 Å². The zero-order valence-electron chi connectivity index (χ0n) is 11.9. The summed E-state index contributed by atoms with van der Waals surface area (Å²) in [5, 5.41) is 3.27. The highest BCUT2D eigenvalue weighted by Gasteiger charge is 2.33. The molecule has 0 saturated heterocycles. The van der Waals surface area contributed by atoms with E-state index in [1.54, 1.807) is 0 Å². The second-order valence-electron chi connectivity index (χ2n) is 4.92. The molecular weight excluding hydrogens is 313 g/mol. The summed E-state index contributed by atoms with van der Waals surface area (Å²) >= 11 is 0.773. The highest BCUT2D eigenvalue weighted by Crippen LogP contribution is 2.31. The summed E-state index contributed by atoms with van der Waals surface area (Å²) in [5.41, 5.74) is 1.32. The summed E-state index contributed by atoms with van der Waals surface area (Å²) in [6, 6.07) is 8.01. The van der Waals surface area contributed by atoms with Crippen molar-refractivity contribution in [2.45, 2.75) is 32.4 Å². The number of nitrogens with one attached hydrogen (secondary N) is 1. The number of aryl methyl sites for hydroxylation is 2. The Morgan fingerprint density at radius 1 is 1.27 bits per heavy atom. The van der Waals surface area contributed by atoms with Crippen LogP contribution in [-0.2, 0) is 17.4 Å². The summed E-state index contributed by atoms with van der Waals surface area (Å²) in [4.78, 5) is 15.0. The van der Waals surface area contributed by atoms with Gasteiger partial charge in [-0.05, 0) is 25.3 Å². The highest BCUT2D eigenvalue weighted by molar-refractivity contribution is 7.13. The number of hydrogen-bond donors (Lipinski definition) is 1. The zero-order chi connectivity index (χ0) is 16.2. The first-order chi connectivity index (χ1) is 10.3. The van der Waals surface area contributed by atoms with Crippen LogP contribution in [0.25, 0.3) is 0 Å². The first-order valence-corrected chi connectivity index (χ1v) is 7.60. The molecule has 0 atom stereocenters. The Kier molecular flexibility index (Phi) is 5.18. The van der Waals surface area contributed by atoms with Crippen LogP contribution < -0.4 is 5.32 Å². The normalized spacial score (nSPS) is 11.5. The molecule has 3 nitrogen and oxygen atoms in total. The van der Waals surface area contributed by atoms with Gasteiger partial charge in [0.2, 0.25) is 5.91 Å². The number of anilines is 1. The molecule has 2 aromatic rings. The van der Waals surface area contributed by atoms with Crippen LogP contribution in [0, 0.1) is 6.92 Å². The van der Waals surface area contributed by atoms with Gasteiger partial charge in [-0.15, -0.1) is 11.3 Å². The molecule has 2 rings (SSSR count). The second kappa shape index (κ2) is 6.91. The van der Waals surface area contributed by atoms with Crippen molar-refractivity contribution in [3.63, 3.8) is 0 Å². The van der Waals surface area contributed by atoms with Crippen molar-refractivity contribution < 1.29 is 18.0 Å². The lowest BCUT2D eigenvalue weighted by molar-refractivity contribution is -0.140. The SMILES string of the molecule is Cc1ccc(CCCC(=O)Nc2nc(C(F)(F)F)cs2)cc1. The van der Waals surface area contributed by atoms with Crippen LogP contribution in [0.2, 0.25) is 0 Å². The molecule has 1 aromatic heterocycles. The van der Waals surface area contributed by atoms with Gasteiger partial charge in [-0.2, -0.15) is 13.2 Å². The zero-order valence-corrected chi connectivity index (χ0v) is 12.7. The lowest BCUT2D eigenvalue weighted by Gasteiger charge is -2.03. The molecule has 118 valence electrons. The quantitative estimate of drug-likeness (QED) is 0.882. The van der Waals surface area contributed by atoms with E-state index >= 15 is 0 Å². The topological polar surface area (TPSA) is 42.0 Å². The fourth-order valence-corrected chi connectivity index (χ4v) is 2.58. The van der Waals surface area contributed by atoms with Crippen LogP contribution in [0.1, 0.15) is 29.7 Å². The van der Waals surface area contributed by atoms with Gasteiger partial charge in [-0.1, -0.05) is 29.8 Å². The maximum atomic E-state index is 12.4. The molecular formula is C15H15F3N2OS. The fourth-order valence-electron chi connectivity index (χ4n) is 1.85. The van der Waals surface area contributed by atoms with Gasteiger partial charge in [-0.25, -0.2) is 4.98 Å². The van der Waals surface area contributed by atoms with Crippen LogP contribution in [0.5, 0.6) is 0 Å². The van der Waals surface area contributed by atoms with Crippen LogP contribution in [0.15, 0.2) is 29.6 Å². The largest absolute Gasteiger partial charge is 0.434 e. The molecule has 0 fully saturated rings. The number of benzene rings is 1. The molecule has 1 heterocycles. The Bertz CT molecular complexity index is 635. The Labute approximate surface area is 130 Å². The number of alkyl halides is 3. The van der Waals surface area contributed by atoms with E-state index in [1.807, 2.05) is 31.2 Å². The van der Waals surface area contributed by atoms with E-state index in [1.165, 1.54) is 5.56 Å². The van der Waals surface area contributed by atoms with Crippen LogP contribution in [0.4, 0.5) is 18.3 Å². The summed E-state index contributed by atoms with van der Waals surface area (Å²) < 4.78 is 37.2. The molecule has 1 amide bonds. The second-order valence-corrected chi connectivity index (χ2v) is 5.78. The number of hydrogen-bond acceptors (Lipinski definition) is 3. The van der Waals surface area contributed by atoms with E-state index < -0.39 is 11.9 Å². The molecule has 0 spiro atoms. The number of amides is 1. The third kappa shape index (κ3) is 4.84. The monoisotopic (exact) mass is 328 g/mol. The molecule has 0 radical (unpaired) electrons. The molecule has 7 heteroatoms. The average molecular weight is 328 g/mol. The van der Waals surface area contributed by atoms with Crippen molar-refractivity contribution in [2.24, 2.45) is 0 Å². The Hall–Kier alpha value is -1.89. The third-order valence-corrected chi connectivity index (χ3v) is 3.79. The summed E-state index contributed by atoms with van der Waals surface area (Å²) in [5.74, 6) is -0.324. The lowest BCUT2D eigenvalue weighted by atomic mass is 10.1. The van der Waals surface area contributed by atoms with Crippen molar-refractivity contribution in [1.29, 1.82) is 0 Å². The van der Waals surface area contributed by atoms with Crippen molar-refractivity contribution >= 4 is 22.4 Å². The molecule has 0 aliphatic carbocycles. The Morgan fingerprint density at radius 2 is 1.95 bits per heavy atom. The molecule has 0 bridgehead atoms. The van der Waals surface area contributed by atoms with E-state index in [9.17, 15) is 18.0 Å². The van der Waals surface area contributed by atoms with Gasteiger partial charge in [0, 0.05) is 11.8 Å². The summed E-state index contributed by atoms with van der Waals surface area (Å²) in [7, 11) is 0. The number of rotatable bonds is 5. The van der Waals surface area contributed by atoms with Crippen molar-refractivity contribution in [1.82, 2.24) is 4.98 Å². The van der Waals surface area contributed by atoms with E-state index in [-0.39, 0.29) is 17.5 Å². The van der Waals surface area contributed by atoms with E-state index in [4.69, 9.17) is 0 Å². The minimum absolute atomic E-state index is 0.0207. The number of thiazole rings is 1. The number of halogens is 3. The van der Waals surface area contributed by atoms with Crippen LogP contribution in [-0.4, -0.2) is 10.9 Å². The number of nitrogens with zero attached hydrogens (tertiary/aromatic N) is 1. The summed E-state index contributed by atoms with van der Waals surface area (Å²) in [6.45, 7) is 2.00. The van der Waals surface area contributed by atoms with Gasteiger partial charge < -0.3 is 5.32 Å². The first-order valence-electron chi connectivity index (χ1n) is 6.73. The van der Waals surface area contributed by atoms with Gasteiger partial charge >= 0.3 is 6.18 Å². The van der Waals surface area contributed by atoms with Crippen molar-refractivity contribution in [2.75, 3.05) is 5.32 Å². The van der Waals surface area contributed by atoms with Gasteiger partial charge in [0.15, 0.2) is 10.8 Å². The molecule has 0 unspecified atom stereocenters. The van der Waals surface area contributed by atoms with E-state index in [0.717, 1.165) is 28.7 Å². The van der Waals surface area contributed by atoms with Crippen molar-refractivity contribution in [3.05, 3.63) is 46.5 Å². The maximum absolute atomic E-state index is 12.4. The van der Waals surface area contributed by atoms with Crippen LogP contribution in [0.3, 0.4) is 0 Å².